The van der Waals surface area contributed by atoms with Gasteiger partial charge < -0.3 is 5.73 Å². The third-order valence-electron chi connectivity index (χ3n) is 3.11. The van der Waals surface area contributed by atoms with Gasteiger partial charge >= 0.3 is 0 Å². The summed E-state index contributed by atoms with van der Waals surface area (Å²) in [5.41, 5.74) is 6.38. The third-order valence-corrected chi connectivity index (χ3v) is 3.87. The van der Waals surface area contributed by atoms with Gasteiger partial charge in [-0.1, -0.05) is 12.2 Å². The lowest BCUT2D eigenvalue weighted by Crippen LogP contribution is -2.42. The van der Waals surface area contributed by atoms with Crippen molar-refractivity contribution in [3.63, 3.8) is 0 Å². The molecule has 6 nitrogen and oxygen atoms in total. The van der Waals surface area contributed by atoms with Crippen molar-refractivity contribution in [3.8, 4) is 0 Å². The molecule has 1 unspecified atom stereocenters. The van der Waals surface area contributed by atoms with Gasteiger partial charge in [-0.2, -0.15) is 8.42 Å². The van der Waals surface area contributed by atoms with E-state index in [1.54, 1.807) is 12.2 Å². The zero-order valence-electron chi connectivity index (χ0n) is 10.5. The van der Waals surface area contributed by atoms with E-state index < -0.39 is 22.1 Å². The lowest BCUT2D eigenvalue weighted by molar-refractivity contribution is -0.120. The van der Waals surface area contributed by atoms with E-state index >= 15 is 0 Å². The Morgan fingerprint density at radius 3 is 2.68 bits per heavy atom. The molecule has 0 spiro atoms. The number of hydrogen-bond donors (Lipinski definition) is 2. The highest BCUT2D eigenvalue weighted by Gasteiger charge is 2.31. The summed E-state index contributed by atoms with van der Waals surface area (Å²) in [5, 5.41) is 2.36. The number of aliphatic imine (C=N–C) groups is 1. The Hall–Kier alpha value is -1.89. The lowest BCUT2D eigenvalue weighted by Gasteiger charge is -2.16. The number of carbonyl (C=O) groups excluding carboxylic acids is 1. The predicted molar refractivity (Wildman–Crippen MR) is 73.1 cm³/mol. The van der Waals surface area contributed by atoms with E-state index in [0.29, 0.717) is 5.92 Å². The maximum atomic E-state index is 11.9. The Morgan fingerprint density at radius 1 is 1.47 bits per heavy atom. The molecule has 7 heteroatoms. The molecular formula is C12H15N3O3S. The topological polar surface area (TPSA) is 102 Å². The second-order valence-corrected chi connectivity index (χ2v) is 5.43. The number of nitrogens with one attached hydrogen (secondary N) is 1. The smallest absolute Gasteiger partial charge is 0.239 e. The van der Waals surface area contributed by atoms with Crippen LogP contribution in [0.4, 0.5) is 0 Å². The molecule has 0 aromatic heterocycles. The van der Waals surface area contributed by atoms with Gasteiger partial charge in [-0.15, -0.1) is 0 Å². The Kier molecular flexibility index (Phi) is 3.84. The van der Waals surface area contributed by atoms with Crippen LogP contribution in [-0.4, -0.2) is 32.2 Å². The van der Waals surface area contributed by atoms with Gasteiger partial charge in [0, 0.05) is 7.05 Å². The summed E-state index contributed by atoms with van der Waals surface area (Å²) >= 11 is 0. The molecule has 0 aromatic carbocycles. The summed E-state index contributed by atoms with van der Waals surface area (Å²) in [6.45, 7) is 0. The molecule has 0 aromatic rings. The minimum Gasteiger partial charge on any atom is -0.370 e. The first-order valence-electron chi connectivity index (χ1n) is 5.92. The van der Waals surface area contributed by atoms with Crippen LogP contribution in [0.1, 0.15) is 12.8 Å². The zero-order valence-corrected chi connectivity index (χ0v) is 11.3. The van der Waals surface area contributed by atoms with Gasteiger partial charge in [0.2, 0.25) is 16.2 Å². The number of allylic oxidation sites excluding steroid dienone is 3. The average Bonchev–Trinajstić information content (AvgIpc) is 3.22. The quantitative estimate of drug-likeness (QED) is 0.409. The van der Waals surface area contributed by atoms with Gasteiger partial charge in [-0.3, -0.25) is 15.1 Å². The van der Waals surface area contributed by atoms with Crippen molar-refractivity contribution in [2.24, 2.45) is 22.6 Å². The van der Waals surface area contributed by atoms with E-state index in [4.69, 9.17) is 5.73 Å². The number of carbonyl (C=O) groups is 1. The van der Waals surface area contributed by atoms with E-state index in [1.807, 2.05) is 6.08 Å². The first-order valence-corrected chi connectivity index (χ1v) is 6.99. The SMILES string of the molecule is CN=C(N)NC(=O)C1C=CC(C2CC2)=CC1=S(=O)=O. The van der Waals surface area contributed by atoms with E-state index in [9.17, 15) is 13.2 Å². The summed E-state index contributed by atoms with van der Waals surface area (Å²) in [6, 6.07) is 0. The molecule has 2 aliphatic rings. The van der Waals surface area contributed by atoms with Crippen LogP contribution in [0.2, 0.25) is 0 Å². The molecule has 2 aliphatic carbocycles. The molecule has 1 saturated carbocycles. The van der Waals surface area contributed by atoms with Crippen molar-refractivity contribution in [1.82, 2.24) is 5.32 Å². The Balaban J connectivity index is 2.25. The Labute approximate surface area is 112 Å². The first-order chi connectivity index (χ1) is 9.02. The molecule has 0 bridgehead atoms. The van der Waals surface area contributed by atoms with Crippen LogP contribution >= 0.6 is 0 Å². The summed E-state index contributed by atoms with van der Waals surface area (Å²) in [5.74, 6) is -0.946. The van der Waals surface area contributed by atoms with Crippen LogP contribution in [0.5, 0.6) is 0 Å². The standard InChI is InChI=1S/C12H15N3O3S/c1-14-12(13)15-11(16)9-5-4-8(7-2-3-7)6-10(9)19(17)18/h4-7,9H,2-3H2,1H3,(H3,13,14,15,16). The molecule has 0 saturated heterocycles. The monoisotopic (exact) mass is 281 g/mol. The highest BCUT2D eigenvalue weighted by Crippen LogP contribution is 2.38. The molecule has 102 valence electrons. The summed E-state index contributed by atoms with van der Waals surface area (Å²) < 4.78 is 22.5. The van der Waals surface area contributed by atoms with Crippen LogP contribution in [0.15, 0.2) is 28.8 Å². The molecule has 0 aliphatic heterocycles. The second kappa shape index (κ2) is 5.40. The van der Waals surface area contributed by atoms with Gasteiger partial charge in [-0.05, 0) is 30.4 Å². The van der Waals surface area contributed by atoms with Gasteiger partial charge in [0.15, 0.2) is 5.96 Å². The molecule has 0 radical (unpaired) electrons. The minimum atomic E-state index is -2.43. The fourth-order valence-electron chi connectivity index (χ4n) is 1.90. The fourth-order valence-corrected chi connectivity index (χ4v) is 2.53. The largest absolute Gasteiger partial charge is 0.370 e. The van der Waals surface area contributed by atoms with Crippen LogP contribution in [0, 0.1) is 11.8 Å². The number of rotatable bonds is 2. The molecule has 19 heavy (non-hydrogen) atoms. The highest BCUT2D eigenvalue weighted by molar-refractivity contribution is 7.73. The number of guanidine groups is 1. The molecular weight excluding hydrogens is 266 g/mol. The number of hydrogen-bond acceptors (Lipinski definition) is 4. The predicted octanol–water partition coefficient (Wildman–Crippen LogP) is -0.379. The van der Waals surface area contributed by atoms with Crippen molar-refractivity contribution in [1.29, 1.82) is 0 Å². The van der Waals surface area contributed by atoms with Gasteiger partial charge in [-0.25, -0.2) is 0 Å². The Morgan fingerprint density at radius 2 is 2.16 bits per heavy atom. The molecule has 3 N–H and O–H groups in total. The fraction of sp³-hybridized carbons (Fsp3) is 0.417. The zero-order chi connectivity index (χ0) is 14.0. The van der Waals surface area contributed by atoms with Crippen LogP contribution in [-0.2, 0) is 15.1 Å². The van der Waals surface area contributed by atoms with Gasteiger partial charge in [0.1, 0.15) is 0 Å². The number of amides is 1. The van der Waals surface area contributed by atoms with Crippen molar-refractivity contribution in [3.05, 3.63) is 23.8 Å². The van der Waals surface area contributed by atoms with Crippen molar-refractivity contribution in [2.75, 3.05) is 7.05 Å². The Bertz CT molecular complexity index is 617. The van der Waals surface area contributed by atoms with E-state index in [0.717, 1.165) is 18.4 Å². The maximum absolute atomic E-state index is 11.9. The molecule has 2 rings (SSSR count). The van der Waals surface area contributed by atoms with Crippen molar-refractivity contribution >= 4 is 27.0 Å². The van der Waals surface area contributed by atoms with E-state index in [-0.39, 0.29) is 10.8 Å². The highest BCUT2D eigenvalue weighted by atomic mass is 32.2. The molecule has 1 fully saturated rings. The van der Waals surface area contributed by atoms with Gasteiger partial charge in [0.05, 0.1) is 10.8 Å². The summed E-state index contributed by atoms with van der Waals surface area (Å²) in [6.07, 6.45) is 7.14. The van der Waals surface area contributed by atoms with Crippen molar-refractivity contribution in [2.45, 2.75) is 12.8 Å². The minimum absolute atomic E-state index is 0.0357. The normalized spacial score (nSPS) is 23.0. The third kappa shape index (κ3) is 3.11. The lowest BCUT2D eigenvalue weighted by atomic mass is 9.93. The van der Waals surface area contributed by atoms with Crippen LogP contribution in [0.25, 0.3) is 0 Å². The van der Waals surface area contributed by atoms with E-state index in [2.05, 4.69) is 10.3 Å². The van der Waals surface area contributed by atoms with Crippen molar-refractivity contribution < 1.29 is 13.2 Å². The maximum Gasteiger partial charge on any atom is 0.239 e. The molecule has 0 heterocycles. The molecule has 1 atom stereocenters. The second-order valence-electron chi connectivity index (χ2n) is 4.49. The number of nitrogens with zero attached hydrogens (tertiary/aromatic N) is 1. The van der Waals surface area contributed by atoms with E-state index in [1.165, 1.54) is 7.05 Å². The molecule has 1 amide bonds. The van der Waals surface area contributed by atoms with Crippen LogP contribution < -0.4 is 11.1 Å². The van der Waals surface area contributed by atoms with Crippen LogP contribution in [0.3, 0.4) is 0 Å². The first kappa shape index (κ1) is 13.5. The average molecular weight is 281 g/mol. The summed E-state index contributed by atoms with van der Waals surface area (Å²) in [7, 11) is -0.993. The number of nitrogens with two attached hydrogens (primary N) is 1. The van der Waals surface area contributed by atoms with Gasteiger partial charge in [0.25, 0.3) is 0 Å². The summed E-state index contributed by atoms with van der Waals surface area (Å²) in [4.78, 5) is 15.6.